The van der Waals surface area contributed by atoms with E-state index in [2.05, 4.69) is 34.4 Å². The van der Waals surface area contributed by atoms with Crippen LogP contribution in [0.1, 0.15) is 58.8 Å². The summed E-state index contributed by atoms with van der Waals surface area (Å²) in [6.07, 6.45) is 9.36. The predicted molar refractivity (Wildman–Crippen MR) is 106 cm³/mol. The molecule has 1 saturated heterocycles. The fourth-order valence-electron chi connectivity index (χ4n) is 3.24. The zero-order valence-electron chi connectivity index (χ0n) is 14.6. The summed E-state index contributed by atoms with van der Waals surface area (Å²) in [5, 5.41) is 7.05. The lowest BCUT2D eigenvalue weighted by atomic mass is 10.1. The maximum atomic E-state index is 4.36. The van der Waals surface area contributed by atoms with Gasteiger partial charge >= 0.3 is 0 Å². The molecule has 22 heavy (non-hydrogen) atoms. The first-order valence-electron chi connectivity index (χ1n) is 8.94. The van der Waals surface area contributed by atoms with E-state index < -0.39 is 0 Å². The predicted octanol–water partition coefficient (Wildman–Crippen LogP) is 3.22. The zero-order valence-corrected chi connectivity index (χ0v) is 16.9. The summed E-state index contributed by atoms with van der Waals surface area (Å²) in [5.41, 5.74) is 0. The minimum atomic E-state index is 0. The molecule has 4 nitrogen and oxygen atoms in total. The molecule has 1 aliphatic heterocycles. The summed E-state index contributed by atoms with van der Waals surface area (Å²) in [5.74, 6) is 1.77. The van der Waals surface area contributed by atoms with Crippen molar-refractivity contribution in [3.8, 4) is 0 Å². The van der Waals surface area contributed by atoms with E-state index in [1.54, 1.807) is 0 Å². The third kappa shape index (κ3) is 7.02. The van der Waals surface area contributed by atoms with E-state index in [4.69, 9.17) is 0 Å². The summed E-state index contributed by atoms with van der Waals surface area (Å²) < 4.78 is 0. The highest BCUT2D eigenvalue weighted by Crippen LogP contribution is 2.31. The Balaban J connectivity index is 0.00000242. The minimum Gasteiger partial charge on any atom is -0.356 e. The fraction of sp³-hybridized carbons (Fsp3) is 0.941. The van der Waals surface area contributed by atoms with Crippen molar-refractivity contribution in [3.05, 3.63) is 0 Å². The van der Waals surface area contributed by atoms with Crippen LogP contribution in [0.4, 0.5) is 0 Å². The van der Waals surface area contributed by atoms with Gasteiger partial charge in [-0.25, -0.2) is 0 Å². The Kier molecular flexibility index (Phi) is 9.71. The lowest BCUT2D eigenvalue weighted by Crippen LogP contribution is -2.44. The first-order chi connectivity index (χ1) is 10.2. The highest BCUT2D eigenvalue weighted by atomic mass is 127. The molecular weight excluding hydrogens is 387 g/mol. The number of hydrogen-bond acceptors (Lipinski definition) is 2. The van der Waals surface area contributed by atoms with Crippen LogP contribution < -0.4 is 10.6 Å². The van der Waals surface area contributed by atoms with Crippen LogP contribution >= 0.6 is 24.0 Å². The number of unbranched alkanes of at least 4 members (excludes halogenated alkanes) is 2. The van der Waals surface area contributed by atoms with E-state index in [0.29, 0.717) is 6.04 Å². The molecule has 130 valence electrons. The maximum absolute atomic E-state index is 4.36. The van der Waals surface area contributed by atoms with Gasteiger partial charge in [-0.15, -0.1) is 24.0 Å². The molecule has 1 saturated carbocycles. The highest BCUT2D eigenvalue weighted by Gasteiger charge is 2.34. The van der Waals surface area contributed by atoms with Gasteiger partial charge in [0.15, 0.2) is 5.96 Å². The third-order valence-electron chi connectivity index (χ3n) is 4.79. The van der Waals surface area contributed by atoms with Crippen molar-refractivity contribution in [1.82, 2.24) is 15.5 Å². The minimum absolute atomic E-state index is 0. The highest BCUT2D eigenvalue weighted by molar-refractivity contribution is 14.0. The molecule has 1 aliphatic carbocycles. The average Bonchev–Trinajstić information content (AvgIpc) is 3.23. The average molecular weight is 422 g/mol. The number of nitrogens with one attached hydrogen (secondary N) is 2. The molecule has 0 bridgehead atoms. The fourth-order valence-corrected chi connectivity index (χ4v) is 3.24. The van der Waals surface area contributed by atoms with Gasteiger partial charge in [0.2, 0.25) is 0 Å². The number of guanidine groups is 1. The van der Waals surface area contributed by atoms with Gasteiger partial charge in [0.05, 0.1) is 0 Å². The molecule has 2 rings (SSSR count). The summed E-state index contributed by atoms with van der Waals surface area (Å²) in [6.45, 7) is 8.15. The van der Waals surface area contributed by atoms with Gasteiger partial charge in [-0.1, -0.05) is 26.2 Å². The Morgan fingerprint density at radius 2 is 2.05 bits per heavy atom. The van der Waals surface area contributed by atoms with E-state index >= 15 is 0 Å². The van der Waals surface area contributed by atoms with E-state index in [1.807, 2.05) is 7.05 Å². The van der Waals surface area contributed by atoms with Gasteiger partial charge in [-0.2, -0.15) is 0 Å². The van der Waals surface area contributed by atoms with Crippen molar-refractivity contribution in [1.29, 1.82) is 0 Å². The number of likely N-dealkylation sites (tertiary alicyclic amines) is 1. The first kappa shape index (κ1) is 20.0. The molecule has 0 amide bonds. The van der Waals surface area contributed by atoms with Crippen molar-refractivity contribution in [3.63, 3.8) is 0 Å². The van der Waals surface area contributed by atoms with Gasteiger partial charge in [0, 0.05) is 32.2 Å². The zero-order chi connectivity index (χ0) is 15.1. The van der Waals surface area contributed by atoms with Crippen LogP contribution in [0.25, 0.3) is 0 Å². The number of nitrogens with zero attached hydrogens (tertiary/aromatic N) is 2. The lowest BCUT2D eigenvalue weighted by molar-refractivity contribution is 0.314. The van der Waals surface area contributed by atoms with Gasteiger partial charge < -0.3 is 15.5 Å². The van der Waals surface area contributed by atoms with Crippen LogP contribution in [0.3, 0.4) is 0 Å². The van der Waals surface area contributed by atoms with Crippen molar-refractivity contribution in [2.45, 2.75) is 70.9 Å². The molecule has 0 spiro atoms. The molecule has 0 aromatic rings. The number of halogens is 1. The SMILES string of the molecule is CCCCCC(C)NC(=NC)NCC1CCN(C2CC2)C1.I. The van der Waals surface area contributed by atoms with Crippen LogP contribution in [-0.2, 0) is 0 Å². The normalized spacial score (nSPS) is 24.0. The quantitative estimate of drug-likeness (QED) is 0.273. The Hall–Kier alpha value is -0.0400. The largest absolute Gasteiger partial charge is 0.356 e. The van der Waals surface area contributed by atoms with Crippen LogP contribution in [0.5, 0.6) is 0 Å². The van der Waals surface area contributed by atoms with Gasteiger partial charge in [0.25, 0.3) is 0 Å². The van der Waals surface area contributed by atoms with E-state index in [1.165, 1.54) is 58.0 Å². The standard InChI is InChI=1S/C17H34N4.HI/c1-4-5-6-7-14(2)20-17(18-3)19-12-15-10-11-21(13-15)16-8-9-16;/h14-16H,4-13H2,1-3H3,(H2,18,19,20);1H. The van der Waals surface area contributed by atoms with Crippen molar-refractivity contribution < 1.29 is 0 Å². The van der Waals surface area contributed by atoms with E-state index in [9.17, 15) is 0 Å². The van der Waals surface area contributed by atoms with Gasteiger partial charge in [-0.3, -0.25) is 4.99 Å². The molecular formula is C17H35IN4. The number of aliphatic imine (C=N–C) groups is 1. The van der Waals surface area contributed by atoms with Crippen LogP contribution in [0, 0.1) is 5.92 Å². The molecule has 2 unspecified atom stereocenters. The van der Waals surface area contributed by atoms with Crippen LogP contribution in [0.2, 0.25) is 0 Å². The third-order valence-corrected chi connectivity index (χ3v) is 4.79. The Morgan fingerprint density at radius 1 is 1.27 bits per heavy atom. The molecule has 2 atom stereocenters. The molecule has 2 aliphatic rings. The van der Waals surface area contributed by atoms with Crippen LogP contribution in [-0.4, -0.2) is 49.6 Å². The summed E-state index contributed by atoms with van der Waals surface area (Å²) >= 11 is 0. The van der Waals surface area contributed by atoms with E-state index in [0.717, 1.165) is 24.5 Å². The molecule has 1 heterocycles. The van der Waals surface area contributed by atoms with Crippen LogP contribution in [0.15, 0.2) is 4.99 Å². The topological polar surface area (TPSA) is 39.7 Å². The van der Waals surface area contributed by atoms with Crippen molar-refractivity contribution in [2.75, 3.05) is 26.7 Å². The maximum Gasteiger partial charge on any atom is 0.191 e. The monoisotopic (exact) mass is 422 g/mol. The van der Waals surface area contributed by atoms with E-state index in [-0.39, 0.29) is 24.0 Å². The van der Waals surface area contributed by atoms with Gasteiger partial charge in [-0.05, 0) is 45.1 Å². The second-order valence-electron chi connectivity index (χ2n) is 6.88. The second kappa shape index (κ2) is 10.7. The van der Waals surface area contributed by atoms with Crippen molar-refractivity contribution >= 4 is 29.9 Å². The number of hydrogen-bond donors (Lipinski definition) is 2. The molecule has 5 heteroatoms. The molecule has 0 aromatic carbocycles. The summed E-state index contributed by atoms with van der Waals surface area (Å²) in [4.78, 5) is 7.04. The van der Waals surface area contributed by atoms with Crippen molar-refractivity contribution in [2.24, 2.45) is 10.9 Å². The Bertz CT molecular complexity index is 331. The number of rotatable bonds is 8. The smallest absolute Gasteiger partial charge is 0.191 e. The second-order valence-corrected chi connectivity index (χ2v) is 6.88. The Labute approximate surface area is 153 Å². The molecule has 0 radical (unpaired) electrons. The Morgan fingerprint density at radius 3 is 2.68 bits per heavy atom. The van der Waals surface area contributed by atoms with Gasteiger partial charge in [0.1, 0.15) is 0 Å². The summed E-state index contributed by atoms with van der Waals surface area (Å²) in [6, 6.07) is 1.43. The molecule has 2 fully saturated rings. The first-order valence-corrected chi connectivity index (χ1v) is 8.94. The molecule has 2 N–H and O–H groups in total. The summed E-state index contributed by atoms with van der Waals surface area (Å²) in [7, 11) is 1.87. The molecule has 0 aromatic heterocycles. The lowest BCUT2D eigenvalue weighted by Gasteiger charge is -2.20.